The van der Waals surface area contributed by atoms with Crippen molar-refractivity contribution in [1.82, 2.24) is 15.3 Å². The largest absolute Gasteiger partial charge is 0.362 e. The van der Waals surface area contributed by atoms with E-state index in [1.807, 2.05) is 32.1 Å². The molecular weight excluding hydrogens is 371 g/mol. The van der Waals surface area contributed by atoms with Gasteiger partial charge in [-0.1, -0.05) is 6.07 Å². The minimum atomic E-state index is -0.357. The lowest BCUT2D eigenvalue weighted by atomic mass is 9.91. The molecule has 0 saturated heterocycles. The SMILES string of the molecule is Cc1cnc(NC2CCC(NC(=O)N(C)c3cccc(F)c3)CC2)nc1N(C)C. The summed E-state index contributed by atoms with van der Waals surface area (Å²) < 4.78 is 13.4. The van der Waals surface area contributed by atoms with E-state index >= 15 is 0 Å². The van der Waals surface area contributed by atoms with Crippen LogP contribution in [0, 0.1) is 12.7 Å². The molecule has 1 aliphatic rings. The monoisotopic (exact) mass is 400 g/mol. The molecule has 1 aromatic carbocycles. The highest BCUT2D eigenvalue weighted by Gasteiger charge is 2.24. The lowest BCUT2D eigenvalue weighted by Gasteiger charge is -2.31. The average molecular weight is 401 g/mol. The zero-order valence-corrected chi connectivity index (χ0v) is 17.4. The van der Waals surface area contributed by atoms with E-state index in [9.17, 15) is 9.18 Å². The van der Waals surface area contributed by atoms with Crippen LogP contribution in [0.4, 0.5) is 26.6 Å². The quantitative estimate of drug-likeness (QED) is 0.803. The highest BCUT2D eigenvalue weighted by atomic mass is 19.1. The van der Waals surface area contributed by atoms with Crippen LogP contribution in [-0.2, 0) is 0 Å². The Labute approximate surface area is 171 Å². The summed E-state index contributed by atoms with van der Waals surface area (Å²) in [5.74, 6) is 1.19. The van der Waals surface area contributed by atoms with Crippen LogP contribution in [0.15, 0.2) is 30.5 Å². The average Bonchev–Trinajstić information content (AvgIpc) is 2.70. The van der Waals surface area contributed by atoms with E-state index < -0.39 is 0 Å². The summed E-state index contributed by atoms with van der Waals surface area (Å²) in [5.41, 5.74) is 1.57. The number of urea groups is 1. The number of rotatable bonds is 5. The van der Waals surface area contributed by atoms with E-state index in [0.717, 1.165) is 37.1 Å². The molecule has 1 fully saturated rings. The number of amides is 2. The minimum Gasteiger partial charge on any atom is -0.362 e. The number of nitrogens with zero attached hydrogens (tertiary/aromatic N) is 4. The Morgan fingerprint density at radius 2 is 1.83 bits per heavy atom. The molecule has 1 saturated carbocycles. The van der Waals surface area contributed by atoms with Gasteiger partial charge in [-0.2, -0.15) is 4.98 Å². The first-order valence-corrected chi connectivity index (χ1v) is 9.90. The van der Waals surface area contributed by atoms with Gasteiger partial charge in [-0.15, -0.1) is 0 Å². The lowest BCUT2D eigenvalue weighted by molar-refractivity contribution is 0.238. The Kier molecular flexibility index (Phi) is 6.51. The normalized spacial score (nSPS) is 18.8. The van der Waals surface area contributed by atoms with E-state index in [1.54, 1.807) is 19.2 Å². The molecule has 1 heterocycles. The number of nitrogens with one attached hydrogen (secondary N) is 2. The summed E-state index contributed by atoms with van der Waals surface area (Å²) in [4.78, 5) is 24.9. The van der Waals surface area contributed by atoms with Gasteiger partial charge in [0.15, 0.2) is 0 Å². The van der Waals surface area contributed by atoms with Crippen molar-refractivity contribution in [2.45, 2.75) is 44.7 Å². The first-order chi connectivity index (χ1) is 13.8. The first kappa shape index (κ1) is 20.8. The van der Waals surface area contributed by atoms with Crippen LogP contribution in [0.1, 0.15) is 31.2 Å². The molecule has 0 spiro atoms. The number of anilines is 3. The van der Waals surface area contributed by atoms with E-state index in [2.05, 4.69) is 20.6 Å². The zero-order chi connectivity index (χ0) is 21.0. The molecule has 0 aliphatic heterocycles. The molecule has 2 amide bonds. The molecule has 2 aromatic rings. The van der Waals surface area contributed by atoms with Crippen molar-refractivity contribution in [3.8, 4) is 0 Å². The van der Waals surface area contributed by atoms with E-state index in [4.69, 9.17) is 0 Å². The van der Waals surface area contributed by atoms with Gasteiger partial charge in [0.05, 0.1) is 0 Å². The fraction of sp³-hybridized carbons (Fsp3) is 0.476. The van der Waals surface area contributed by atoms with Gasteiger partial charge in [0.25, 0.3) is 0 Å². The number of aryl methyl sites for hydroxylation is 1. The molecule has 7 nitrogen and oxygen atoms in total. The van der Waals surface area contributed by atoms with Crippen molar-refractivity contribution in [1.29, 1.82) is 0 Å². The molecule has 8 heteroatoms. The van der Waals surface area contributed by atoms with Gasteiger partial charge < -0.3 is 15.5 Å². The number of carbonyl (C=O) groups excluding carboxylic acids is 1. The fourth-order valence-corrected chi connectivity index (χ4v) is 3.59. The van der Waals surface area contributed by atoms with E-state index in [0.29, 0.717) is 11.6 Å². The Morgan fingerprint density at radius 3 is 2.48 bits per heavy atom. The third-order valence-electron chi connectivity index (χ3n) is 5.26. The second-order valence-electron chi connectivity index (χ2n) is 7.78. The van der Waals surface area contributed by atoms with E-state index in [1.165, 1.54) is 17.0 Å². The number of hydrogen-bond acceptors (Lipinski definition) is 5. The van der Waals surface area contributed by atoms with Crippen molar-refractivity contribution < 1.29 is 9.18 Å². The molecule has 156 valence electrons. The number of halogens is 1. The van der Waals surface area contributed by atoms with Crippen molar-refractivity contribution in [2.24, 2.45) is 0 Å². The summed E-state index contributed by atoms with van der Waals surface area (Å²) >= 11 is 0. The highest BCUT2D eigenvalue weighted by molar-refractivity contribution is 5.91. The van der Waals surface area contributed by atoms with Gasteiger partial charge in [-0.05, 0) is 50.8 Å². The summed E-state index contributed by atoms with van der Waals surface area (Å²) in [7, 11) is 5.58. The van der Waals surface area contributed by atoms with Crippen LogP contribution in [0.2, 0.25) is 0 Å². The Hall–Kier alpha value is -2.90. The van der Waals surface area contributed by atoms with Crippen molar-refractivity contribution >= 4 is 23.5 Å². The second kappa shape index (κ2) is 9.07. The molecule has 3 rings (SSSR count). The van der Waals surface area contributed by atoms with Gasteiger partial charge in [-0.3, -0.25) is 4.90 Å². The van der Waals surface area contributed by atoms with Crippen LogP contribution in [0.25, 0.3) is 0 Å². The minimum absolute atomic E-state index is 0.104. The molecule has 0 atom stereocenters. The smallest absolute Gasteiger partial charge is 0.321 e. The second-order valence-corrected chi connectivity index (χ2v) is 7.78. The number of aromatic nitrogens is 2. The first-order valence-electron chi connectivity index (χ1n) is 9.90. The predicted molar refractivity (Wildman–Crippen MR) is 114 cm³/mol. The maximum atomic E-state index is 13.4. The van der Waals surface area contributed by atoms with Gasteiger partial charge >= 0.3 is 6.03 Å². The summed E-state index contributed by atoms with van der Waals surface area (Å²) in [5, 5.41) is 6.47. The lowest BCUT2D eigenvalue weighted by Crippen LogP contribution is -2.45. The van der Waals surface area contributed by atoms with Crippen molar-refractivity contribution in [3.05, 3.63) is 41.8 Å². The molecule has 0 radical (unpaired) electrons. The number of benzene rings is 1. The van der Waals surface area contributed by atoms with Gasteiger partial charge in [-0.25, -0.2) is 14.2 Å². The number of hydrogen-bond donors (Lipinski definition) is 2. The van der Waals surface area contributed by atoms with Gasteiger partial charge in [0.2, 0.25) is 5.95 Å². The Balaban J connectivity index is 1.50. The molecule has 0 bridgehead atoms. The standard InChI is InChI=1S/C21H29FN6O/c1-14-13-23-20(26-19(14)27(2)3)24-16-8-10-17(11-9-16)25-21(29)28(4)18-7-5-6-15(22)12-18/h5-7,12-13,16-17H,8-11H2,1-4H3,(H,25,29)(H,23,24,26). The van der Waals surface area contributed by atoms with Crippen molar-refractivity contribution in [3.63, 3.8) is 0 Å². The third-order valence-corrected chi connectivity index (χ3v) is 5.26. The molecule has 1 aromatic heterocycles. The summed E-state index contributed by atoms with van der Waals surface area (Å²) in [6.07, 6.45) is 5.41. The maximum Gasteiger partial charge on any atom is 0.321 e. The molecule has 29 heavy (non-hydrogen) atoms. The molecular formula is C21H29FN6O. The number of carbonyl (C=O) groups is 1. The van der Waals surface area contributed by atoms with Crippen LogP contribution < -0.4 is 20.4 Å². The van der Waals surface area contributed by atoms with Crippen LogP contribution >= 0.6 is 0 Å². The predicted octanol–water partition coefficient (Wildman–Crippen LogP) is 3.56. The Bertz CT molecular complexity index is 851. The van der Waals surface area contributed by atoms with E-state index in [-0.39, 0.29) is 23.9 Å². The third kappa shape index (κ3) is 5.34. The molecule has 2 N–H and O–H groups in total. The fourth-order valence-electron chi connectivity index (χ4n) is 3.59. The topological polar surface area (TPSA) is 73.4 Å². The maximum absolute atomic E-state index is 13.4. The van der Waals surface area contributed by atoms with Crippen LogP contribution in [0.5, 0.6) is 0 Å². The van der Waals surface area contributed by atoms with Crippen LogP contribution in [0.3, 0.4) is 0 Å². The van der Waals surface area contributed by atoms with Gasteiger partial charge in [0, 0.05) is 50.7 Å². The summed E-state index contributed by atoms with van der Waals surface area (Å²) in [6.45, 7) is 1.99. The van der Waals surface area contributed by atoms with Gasteiger partial charge in [0.1, 0.15) is 11.6 Å². The van der Waals surface area contributed by atoms with Crippen LogP contribution in [-0.4, -0.2) is 49.2 Å². The van der Waals surface area contributed by atoms with Crippen molar-refractivity contribution in [2.75, 3.05) is 36.3 Å². The highest BCUT2D eigenvalue weighted by Crippen LogP contribution is 2.23. The Morgan fingerprint density at radius 1 is 1.14 bits per heavy atom. The molecule has 0 unspecified atom stereocenters. The zero-order valence-electron chi connectivity index (χ0n) is 17.4. The summed E-state index contributed by atoms with van der Waals surface area (Å²) in [6, 6.07) is 6.19. The molecule has 1 aliphatic carbocycles.